The lowest BCUT2D eigenvalue weighted by molar-refractivity contribution is 0.135. The van der Waals surface area contributed by atoms with Crippen LogP contribution in [0.25, 0.3) is 0 Å². The molecule has 0 aromatic rings. The zero-order chi connectivity index (χ0) is 12.0. The monoisotopic (exact) mass is 219 g/mol. The summed E-state index contributed by atoms with van der Waals surface area (Å²) in [6.07, 6.45) is 12.4. The van der Waals surface area contributed by atoms with E-state index >= 15 is 0 Å². The van der Waals surface area contributed by atoms with Crippen LogP contribution in [0.2, 0.25) is 0 Å². The van der Waals surface area contributed by atoms with Gasteiger partial charge in [0.25, 0.3) is 0 Å². The van der Waals surface area contributed by atoms with Crippen molar-refractivity contribution in [3.63, 3.8) is 0 Å². The van der Waals surface area contributed by atoms with E-state index in [1.54, 1.807) is 0 Å². The molecule has 1 fully saturated rings. The number of allylic oxidation sites excluding steroid dienone is 3. The second-order valence-electron chi connectivity index (χ2n) is 4.75. The van der Waals surface area contributed by atoms with Crippen molar-refractivity contribution in [2.75, 3.05) is 6.54 Å². The van der Waals surface area contributed by atoms with E-state index in [4.69, 9.17) is 0 Å². The Bertz CT molecular complexity index is 273. The zero-order valence-corrected chi connectivity index (χ0v) is 10.9. The molecule has 0 amide bonds. The molecular formula is C15H25N. The summed E-state index contributed by atoms with van der Waals surface area (Å²) in [5, 5.41) is 0. The molecule has 1 heteroatoms. The van der Waals surface area contributed by atoms with Gasteiger partial charge in [-0.25, -0.2) is 0 Å². The minimum atomic E-state index is 0.586. The van der Waals surface area contributed by atoms with Crippen LogP contribution < -0.4 is 0 Å². The maximum Gasteiger partial charge on any atom is 0.0350 e. The SMILES string of the molecule is C=C/C=C(\C=C/C)C1CCCCN1C(C)C. The maximum atomic E-state index is 3.82. The Morgan fingerprint density at radius 1 is 1.38 bits per heavy atom. The standard InChI is InChI=1S/C15H25N/c1-5-9-14(10-6-2)15-11-7-8-12-16(15)13(3)4/h5-6,9-10,13,15H,1,7-8,11-12H2,2-4H3/b10-6-,14-9+. The summed E-state index contributed by atoms with van der Waals surface area (Å²) in [6.45, 7) is 11.7. The first kappa shape index (κ1) is 13.2. The fourth-order valence-electron chi connectivity index (χ4n) is 2.54. The van der Waals surface area contributed by atoms with Gasteiger partial charge in [-0.2, -0.15) is 0 Å². The zero-order valence-electron chi connectivity index (χ0n) is 10.9. The number of hydrogen-bond donors (Lipinski definition) is 0. The molecule has 0 aromatic carbocycles. The normalized spacial score (nSPS) is 24.2. The Labute approximate surface area is 101 Å². The van der Waals surface area contributed by atoms with Crippen LogP contribution in [0.15, 0.2) is 36.5 Å². The van der Waals surface area contributed by atoms with E-state index in [0.29, 0.717) is 12.1 Å². The van der Waals surface area contributed by atoms with Crippen molar-refractivity contribution in [3.8, 4) is 0 Å². The van der Waals surface area contributed by atoms with Crippen LogP contribution in [0, 0.1) is 0 Å². The van der Waals surface area contributed by atoms with Crippen molar-refractivity contribution >= 4 is 0 Å². The number of rotatable bonds is 4. The van der Waals surface area contributed by atoms with E-state index in [1.807, 2.05) is 6.08 Å². The minimum Gasteiger partial charge on any atom is -0.294 e. The fourth-order valence-corrected chi connectivity index (χ4v) is 2.54. The van der Waals surface area contributed by atoms with Gasteiger partial charge in [0.2, 0.25) is 0 Å². The molecule has 1 rings (SSSR count). The van der Waals surface area contributed by atoms with E-state index in [0.717, 1.165) is 0 Å². The van der Waals surface area contributed by atoms with Gasteiger partial charge >= 0.3 is 0 Å². The van der Waals surface area contributed by atoms with Crippen molar-refractivity contribution in [1.82, 2.24) is 4.90 Å². The van der Waals surface area contributed by atoms with E-state index < -0.39 is 0 Å². The molecule has 1 nitrogen and oxygen atoms in total. The Balaban J connectivity index is 2.87. The molecule has 1 atom stereocenters. The van der Waals surface area contributed by atoms with Crippen LogP contribution in [0.5, 0.6) is 0 Å². The second-order valence-corrected chi connectivity index (χ2v) is 4.75. The van der Waals surface area contributed by atoms with Gasteiger partial charge in [-0.1, -0.05) is 37.3 Å². The summed E-state index contributed by atoms with van der Waals surface area (Å²) >= 11 is 0. The molecule has 0 bridgehead atoms. The van der Waals surface area contributed by atoms with Crippen LogP contribution in [0.3, 0.4) is 0 Å². The molecule has 1 heterocycles. The third-order valence-electron chi connectivity index (χ3n) is 3.26. The Kier molecular flexibility index (Phi) is 5.54. The topological polar surface area (TPSA) is 3.24 Å². The van der Waals surface area contributed by atoms with Crippen molar-refractivity contribution in [2.24, 2.45) is 0 Å². The molecule has 1 aliphatic heterocycles. The summed E-state index contributed by atoms with van der Waals surface area (Å²) < 4.78 is 0. The molecular weight excluding hydrogens is 194 g/mol. The van der Waals surface area contributed by atoms with Gasteiger partial charge in [0.15, 0.2) is 0 Å². The lowest BCUT2D eigenvalue weighted by atomic mass is 9.93. The van der Waals surface area contributed by atoms with Crippen LogP contribution in [-0.2, 0) is 0 Å². The van der Waals surface area contributed by atoms with Gasteiger partial charge in [0.1, 0.15) is 0 Å². The molecule has 1 saturated heterocycles. The quantitative estimate of drug-likeness (QED) is 0.647. The molecule has 1 unspecified atom stereocenters. The number of likely N-dealkylation sites (tertiary alicyclic amines) is 1. The van der Waals surface area contributed by atoms with Gasteiger partial charge in [-0.3, -0.25) is 4.90 Å². The highest BCUT2D eigenvalue weighted by molar-refractivity contribution is 5.28. The third-order valence-corrected chi connectivity index (χ3v) is 3.26. The lowest BCUT2D eigenvalue weighted by Gasteiger charge is -2.39. The first-order valence-corrected chi connectivity index (χ1v) is 6.41. The van der Waals surface area contributed by atoms with Crippen molar-refractivity contribution < 1.29 is 0 Å². The van der Waals surface area contributed by atoms with E-state index in [1.165, 1.54) is 31.4 Å². The van der Waals surface area contributed by atoms with Gasteiger partial charge < -0.3 is 0 Å². The van der Waals surface area contributed by atoms with Gasteiger partial charge in [0.05, 0.1) is 0 Å². The van der Waals surface area contributed by atoms with Crippen molar-refractivity contribution in [2.45, 2.75) is 52.1 Å². The Hall–Kier alpha value is -0.820. The van der Waals surface area contributed by atoms with Gasteiger partial charge in [-0.15, -0.1) is 0 Å². The third kappa shape index (κ3) is 3.34. The van der Waals surface area contributed by atoms with E-state index in [2.05, 4.69) is 50.5 Å². The molecule has 0 saturated carbocycles. The fraction of sp³-hybridized carbons (Fsp3) is 0.600. The van der Waals surface area contributed by atoms with Crippen molar-refractivity contribution in [1.29, 1.82) is 0 Å². The predicted octanol–water partition coefficient (Wildman–Crippen LogP) is 3.94. The van der Waals surface area contributed by atoms with Crippen molar-refractivity contribution in [3.05, 3.63) is 36.5 Å². The molecule has 1 aliphatic rings. The highest BCUT2D eigenvalue weighted by Gasteiger charge is 2.25. The summed E-state index contributed by atoms with van der Waals surface area (Å²) in [5.41, 5.74) is 1.41. The first-order valence-electron chi connectivity index (χ1n) is 6.41. The minimum absolute atomic E-state index is 0.586. The molecule has 90 valence electrons. The van der Waals surface area contributed by atoms with Crippen LogP contribution in [0.1, 0.15) is 40.0 Å². The van der Waals surface area contributed by atoms with E-state index in [9.17, 15) is 0 Å². The van der Waals surface area contributed by atoms with E-state index in [-0.39, 0.29) is 0 Å². The van der Waals surface area contributed by atoms with Gasteiger partial charge in [-0.05, 0) is 45.7 Å². The molecule has 0 N–H and O–H groups in total. The maximum absolute atomic E-state index is 3.82. The number of hydrogen-bond acceptors (Lipinski definition) is 1. The highest BCUT2D eigenvalue weighted by atomic mass is 15.2. The summed E-state index contributed by atoms with van der Waals surface area (Å²) in [6, 6.07) is 1.21. The van der Waals surface area contributed by atoms with Crippen LogP contribution in [-0.4, -0.2) is 23.5 Å². The average Bonchev–Trinajstić information content (AvgIpc) is 2.29. The Morgan fingerprint density at radius 3 is 2.69 bits per heavy atom. The molecule has 0 spiro atoms. The smallest absolute Gasteiger partial charge is 0.0350 e. The summed E-state index contributed by atoms with van der Waals surface area (Å²) in [7, 11) is 0. The van der Waals surface area contributed by atoms with Crippen LogP contribution in [0.4, 0.5) is 0 Å². The number of piperidine rings is 1. The summed E-state index contributed by atoms with van der Waals surface area (Å²) in [5.74, 6) is 0. The molecule has 16 heavy (non-hydrogen) atoms. The second kappa shape index (κ2) is 6.70. The largest absolute Gasteiger partial charge is 0.294 e. The molecule has 0 aromatic heterocycles. The first-order chi connectivity index (χ1) is 7.70. The molecule has 0 aliphatic carbocycles. The van der Waals surface area contributed by atoms with Crippen LogP contribution >= 0.6 is 0 Å². The average molecular weight is 219 g/mol. The Morgan fingerprint density at radius 2 is 2.12 bits per heavy atom. The predicted molar refractivity (Wildman–Crippen MR) is 72.6 cm³/mol. The summed E-state index contributed by atoms with van der Waals surface area (Å²) in [4.78, 5) is 2.61. The number of nitrogens with zero attached hydrogens (tertiary/aromatic N) is 1. The molecule has 0 radical (unpaired) electrons. The highest BCUT2D eigenvalue weighted by Crippen LogP contribution is 2.25. The van der Waals surface area contributed by atoms with Gasteiger partial charge in [0, 0.05) is 12.1 Å². The lowest BCUT2D eigenvalue weighted by Crippen LogP contribution is -2.44.